The first-order valence-electron chi connectivity index (χ1n) is 4.10. The number of terminal acetylenes is 1. The van der Waals surface area contributed by atoms with Crippen molar-refractivity contribution in [1.82, 2.24) is 0 Å². The van der Waals surface area contributed by atoms with E-state index in [2.05, 4.69) is 10.9 Å². The van der Waals surface area contributed by atoms with Gasteiger partial charge < -0.3 is 4.74 Å². The molecule has 0 saturated carbocycles. The second kappa shape index (κ2) is 3.35. The number of carbonyl (C=O) groups excluding carboxylic acids is 1. The van der Waals surface area contributed by atoms with Crippen LogP contribution in [0, 0.1) is 12.3 Å². The SMILES string of the molecule is C#CCOc1ccc2c(c1)C(=O)N=C2. The van der Waals surface area contributed by atoms with E-state index in [4.69, 9.17) is 11.2 Å². The van der Waals surface area contributed by atoms with Gasteiger partial charge >= 0.3 is 0 Å². The molecule has 0 unspecified atom stereocenters. The van der Waals surface area contributed by atoms with Gasteiger partial charge in [-0.25, -0.2) is 4.99 Å². The standard InChI is InChI=1S/C11H7NO2/c1-2-5-14-9-4-3-8-7-12-11(13)10(8)6-9/h1,3-4,6-7H,5H2. The first kappa shape index (κ1) is 8.52. The molecule has 0 aromatic heterocycles. The highest BCUT2D eigenvalue weighted by molar-refractivity contribution is 6.13. The molecule has 0 N–H and O–H groups in total. The predicted octanol–water partition coefficient (Wildman–Crippen LogP) is 1.27. The number of carbonyl (C=O) groups is 1. The highest BCUT2D eigenvalue weighted by atomic mass is 16.5. The molecule has 14 heavy (non-hydrogen) atoms. The van der Waals surface area contributed by atoms with E-state index < -0.39 is 0 Å². The Morgan fingerprint density at radius 1 is 1.50 bits per heavy atom. The van der Waals surface area contributed by atoms with E-state index in [-0.39, 0.29) is 12.5 Å². The topological polar surface area (TPSA) is 38.7 Å². The normalized spacial score (nSPS) is 12.4. The third-order valence-electron chi connectivity index (χ3n) is 1.90. The fourth-order valence-corrected chi connectivity index (χ4v) is 1.25. The molecular formula is C11H7NO2. The Hall–Kier alpha value is -2.08. The van der Waals surface area contributed by atoms with E-state index in [0.29, 0.717) is 11.3 Å². The summed E-state index contributed by atoms with van der Waals surface area (Å²) in [5.74, 6) is 2.72. The van der Waals surface area contributed by atoms with Crippen molar-refractivity contribution in [3.63, 3.8) is 0 Å². The monoisotopic (exact) mass is 185 g/mol. The highest BCUT2D eigenvalue weighted by Crippen LogP contribution is 2.20. The van der Waals surface area contributed by atoms with Crippen LogP contribution < -0.4 is 4.74 Å². The van der Waals surface area contributed by atoms with Crippen molar-refractivity contribution in [1.29, 1.82) is 0 Å². The zero-order chi connectivity index (χ0) is 9.97. The molecule has 68 valence electrons. The van der Waals surface area contributed by atoms with Crippen LogP contribution in [-0.4, -0.2) is 18.7 Å². The first-order chi connectivity index (χ1) is 6.81. The average molecular weight is 185 g/mol. The van der Waals surface area contributed by atoms with Gasteiger partial charge in [0.25, 0.3) is 5.91 Å². The fourth-order valence-electron chi connectivity index (χ4n) is 1.25. The van der Waals surface area contributed by atoms with E-state index in [9.17, 15) is 4.79 Å². The van der Waals surface area contributed by atoms with Crippen LogP contribution in [-0.2, 0) is 0 Å². The third-order valence-corrected chi connectivity index (χ3v) is 1.90. The Labute approximate surface area is 81.4 Å². The van der Waals surface area contributed by atoms with E-state index in [1.165, 1.54) is 0 Å². The number of rotatable bonds is 2. The second-order valence-electron chi connectivity index (χ2n) is 2.81. The van der Waals surface area contributed by atoms with Crippen molar-refractivity contribution >= 4 is 12.1 Å². The summed E-state index contributed by atoms with van der Waals surface area (Å²) >= 11 is 0. The summed E-state index contributed by atoms with van der Waals surface area (Å²) in [6.45, 7) is 0.202. The molecule has 2 rings (SSSR count). The van der Waals surface area contributed by atoms with Crippen molar-refractivity contribution in [2.75, 3.05) is 6.61 Å². The lowest BCUT2D eigenvalue weighted by Gasteiger charge is -2.03. The van der Waals surface area contributed by atoms with Gasteiger partial charge in [-0.3, -0.25) is 4.79 Å². The second-order valence-corrected chi connectivity index (χ2v) is 2.81. The smallest absolute Gasteiger partial charge is 0.277 e. The van der Waals surface area contributed by atoms with E-state index in [1.54, 1.807) is 24.4 Å². The van der Waals surface area contributed by atoms with Crippen molar-refractivity contribution in [3.8, 4) is 18.1 Å². The molecule has 0 saturated heterocycles. The number of hydrogen-bond acceptors (Lipinski definition) is 2. The van der Waals surface area contributed by atoms with Gasteiger partial charge in [-0.05, 0) is 18.2 Å². The molecule has 1 aliphatic rings. The van der Waals surface area contributed by atoms with Crippen molar-refractivity contribution < 1.29 is 9.53 Å². The van der Waals surface area contributed by atoms with Gasteiger partial charge in [-0.1, -0.05) is 5.92 Å². The molecule has 0 bridgehead atoms. The van der Waals surface area contributed by atoms with Crippen LogP contribution in [0.5, 0.6) is 5.75 Å². The molecule has 0 spiro atoms. The minimum atomic E-state index is -0.230. The van der Waals surface area contributed by atoms with Gasteiger partial charge in [-0.2, -0.15) is 0 Å². The van der Waals surface area contributed by atoms with Crippen LogP contribution in [0.4, 0.5) is 0 Å². The number of hydrogen-bond donors (Lipinski definition) is 0. The van der Waals surface area contributed by atoms with Crippen LogP contribution in [0.25, 0.3) is 0 Å². The van der Waals surface area contributed by atoms with Gasteiger partial charge in [-0.15, -0.1) is 6.42 Å². The molecule has 1 amide bonds. The molecule has 1 aromatic rings. The third kappa shape index (κ3) is 1.38. The molecule has 0 atom stereocenters. The maximum Gasteiger partial charge on any atom is 0.277 e. The summed E-state index contributed by atoms with van der Waals surface area (Å²) in [5.41, 5.74) is 1.39. The van der Waals surface area contributed by atoms with Crippen molar-refractivity contribution in [2.24, 2.45) is 4.99 Å². The van der Waals surface area contributed by atoms with E-state index in [0.717, 1.165) is 5.56 Å². The predicted molar refractivity (Wildman–Crippen MR) is 52.7 cm³/mol. The van der Waals surface area contributed by atoms with Gasteiger partial charge in [0.1, 0.15) is 12.4 Å². The number of ether oxygens (including phenoxy) is 1. The van der Waals surface area contributed by atoms with Gasteiger partial charge in [0.2, 0.25) is 0 Å². The number of aliphatic imine (C=N–C) groups is 1. The maximum absolute atomic E-state index is 11.2. The fraction of sp³-hybridized carbons (Fsp3) is 0.0909. The zero-order valence-electron chi connectivity index (χ0n) is 7.36. The van der Waals surface area contributed by atoms with Gasteiger partial charge in [0, 0.05) is 11.8 Å². The Morgan fingerprint density at radius 2 is 2.36 bits per heavy atom. The minimum absolute atomic E-state index is 0.202. The Balaban J connectivity index is 2.29. The molecule has 0 fully saturated rings. The number of amides is 1. The molecule has 3 nitrogen and oxygen atoms in total. The zero-order valence-corrected chi connectivity index (χ0v) is 7.36. The molecule has 1 aliphatic heterocycles. The summed E-state index contributed by atoms with van der Waals surface area (Å²) in [5, 5.41) is 0. The van der Waals surface area contributed by atoms with Crippen LogP contribution in [0.2, 0.25) is 0 Å². The molecule has 1 heterocycles. The largest absolute Gasteiger partial charge is 0.481 e. The first-order valence-corrected chi connectivity index (χ1v) is 4.10. The van der Waals surface area contributed by atoms with Crippen LogP contribution >= 0.6 is 0 Å². The van der Waals surface area contributed by atoms with Crippen LogP contribution in [0.3, 0.4) is 0 Å². The lowest BCUT2D eigenvalue weighted by molar-refractivity contribution is 0.101. The van der Waals surface area contributed by atoms with Crippen LogP contribution in [0.15, 0.2) is 23.2 Å². The quantitative estimate of drug-likeness (QED) is 0.651. The summed E-state index contributed by atoms with van der Waals surface area (Å²) < 4.78 is 5.18. The van der Waals surface area contributed by atoms with Crippen molar-refractivity contribution in [2.45, 2.75) is 0 Å². The average Bonchev–Trinajstić information content (AvgIpc) is 2.57. The molecule has 3 heteroatoms. The van der Waals surface area contributed by atoms with Gasteiger partial charge in [0.05, 0.1) is 5.56 Å². The molecule has 1 aromatic carbocycles. The number of fused-ring (bicyclic) bond motifs is 1. The number of benzene rings is 1. The van der Waals surface area contributed by atoms with Crippen molar-refractivity contribution in [3.05, 3.63) is 29.3 Å². The van der Waals surface area contributed by atoms with E-state index in [1.807, 2.05) is 0 Å². The summed E-state index contributed by atoms with van der Waals surface area (Å²) in [7, 11) is 0. The highest BCUT2D eigenvalue weighted by Gasteiger charge is 2.15. The maximum atomic E-state index is 11.2. The summed E-state index contributed by atoms with van der Waals surface area (Å²) in [6, 6.07) is 5.21. The van der Waals surface area contributed by atoms with Gasteiger partial charge in [0.15, 0.2) is 0 Å². The molecular weight excluding hydrogens is 178 g/mol. The minimum Gasteiger partial charge on any atom is -0.481 e. The Kier molecular flexibility index (Phi) is 2.04. The summed E-state index contributed by atoms with van der Waals surface area (Å²) in [6.07, 6.45) is 6.59. The Morgan fingerprint density at radius 3 is 3.14 bits per heavy atom. The molecule has 0 radical (unpaired) electrons. The number of nitrogens with zero attached hydrogens (tertiary/aromatic N) is 1. The lowest BCUT2D eigenvalue weighted by Crippen LogP contribution is -1.97. The Bertz CT molecular complexity index is 455. The van der Waals surface area contributed by atoms with Crippen LogP contribution in [0.1, 0.15) is 15.9 Å². The lowest BCUT2D eigenvalue weighted by atomic mass is 10.1. The summed E-state index contributed by atoms with van der Waals surface area (Å²) in [4.78, 5) is 14.9. The van der Waals surface area contributed by atoms with E-state index >= 15 is 0 Å². The molecule has 0 aliphatic carbocycles.